The number of carbonyl (C=O) groups excluding carboxylic acids is 2. The van der Waals surface area contributed by atoms with Gasteiger partial charge < -0.3 is 10.6 Å². The van der Waals surface area contributed by atoms with Crippen molar-refractivity contribution in [3.8, 4) is 0 Å². The number of Topliss-reactive ketones (excluding diaryl/α,β-unsaturated/α-hetero) is 2. The van der Waals surface area contributed by atoms with E-state index in [1.54, 1.807) is 38.1 Å². The lowest BCUT2D eigenvalue weighted by Gasteiger charge is -2.14. The quantitative estimate of drug-likeness (QED) is 0.0846. The second kappa shape index (κ2) is 10.1. The Bertz CT molecular complexity index is 1610. The fourth-order valence-corrected chi connectivity index (χ4v) is 4.82. The van der Waals surface area contributed by atoms with Crippen LogP contribution in [0.25, 0.3) is 0 Å². The lowest BCUT2D eigenvalue weighted by Crippen LogP contribution is -2.33. The van der Waals surface area contributed by atoms with Crippen molar-refractivity contribution in [1.29, 1.82) is 5.41 Å². The van der Waals surface area contributed by atoms with Crippen LogP contribution in [0.1, 0.15) is 34.6 Å². The lowest BCUT2D eigenvalue weighted by molar-refractivity contribution is 0.0959. The number of allylic oxidation sites excluding steroid dienone is 1. The number of benzene rings is 3. The van der Waals surface area contributed by atoms with Gasteiger partial charge in [0.05, 0.1) is 16.9 Å². The highest BCUT2D eigenvalue weighted by Gasteiger charge is 2.32. The van der Waals surface area contributed by atoms with E-state index >= 15 is 0 Å². The van der Waals surface area contributed by atoms with Gasteiger partial charge in [-0.15, -0.1) is 0 Å². The number of ketones is 2. The van der Waals surface area contributed by atoms with E-state index in [9.17, 15) is 31.2 Å². The number of fused-ring (bicyclic) bond motifs is 1. The molecule has 0 amide bonds. The third-order valence-corrected chi connectivity index (χ3v) is 7.01. The van der Waals surface area contributed by atoms with Gasteiger partial charge in [0.2, 0.25) is 11.6 Å². The predicted octanol–water partition coefficient (Wildman–Crippen LogP) is 4.83. The molecule has 0 saturated carbocycles. The lowest BCUT2D eigenvalue weighted by atomic mass is 9.95. The van der Waals surface area contributed by atoms with Gasteiger partial charge in [-0.25, -0.2) is 21.6 Å². The van der Waals surface area contributed by atoms with Crippen LogP contribution in [0.2, 0.25) is 0 Å². The van der Waals surface area contributed by atoms with Crippen molar-refractivity contribution >= 4 is 38.8 Å². The first kappa shape index (κ1) is 26.6. The molecular weight excluding hydrogens is 521 g/mol. The van der Waals surface area contributed by atoms with Crippen molar-refractivity contribution in [2.45, 2.75) is 18.7 Å². The fraction of sp³-hybridized carbons (Fsp3) is 0.115. The Labute approximate surface area is 216 Å². The predicted molar refractivity (Wildman–Crippen MR) is 135 cm³/mol. The average Bonchev–Trinajstić information content (AvgIpc) is 3.28. The zero-order chi connectivity index (χ0) is 27.8. The highest BCUT2D eigenvalue weighted by atomic mass is 32.2. The van der Waals surface area contributed by atoms with Crippen LogP contribution in [0.3, 0.4) is 0 Å². The summed E-state index contributed by atoms with van der Waals surface area (Å²) in [6.45, 7) is 3.10. The SMILES string of the molecule is CC(C)C(=N)NS(=O)(=O)c1cc(C(=O)C(C(=O)c2cc(F)ccc2F)=C2Nc3ccccc3N2)ccc1F. The van der Waals surface area contributed by atoms with Gasteiger partial charge >= 0.3 is 0 Å². The molecule has 196 valence electrons. The highest BCUT2D eigenvalue weighted by Crippen LogP contribution is 2.33. The summed E-state index contributed by atoms with van der Waals surface area (Å²) in [6.07, 6.45) is 0. The van der Waals surface area contributed by atoms with Gasteiger partial charge in [0.25, 0.3) is 10.0 Å². The molecule has 3 aromatic carbocycles. The Morgan fingerprint density at radius 2 is 1.47 bits per heavy atom. The minimum absolute atomic E-state index is 0.154. The smallest absolute Gasteiger partial charge is 0.265 e. The van der Waals surface area contributed by atoms with Gasteiger partial charge in [-0.3, -0.25) is 19.7 Å². The van der Waals surface area contributed by atoms with Crippen LogP contribution >= 0.6 is 0 Å². The Hall–Kier alpha value is -4.45. The summed E-state index contributed by atoms with van der Waals surface area (Å²) < 4.78 is 70.5. The molecule has 0 atom stereocenters. The molecule has 0 spiro atoms. The summed E-state index contributed by atoms with van der Waals surface area (Å²) >= 11 is 0. The minimum Gasteiger partial charge on any atom is -0.339 e. The highest BCUT2D eigenvalue weighted by molar-refractivity contribution is 7.90. The van der Waals surface area contributed by atoms with Crippen molar-refractivity contribution in [2.75, 3.05) is 10.6 Å². The van der Waals surface area contributed by atoms with Gasteiger partial charge in [0, 0.05) is 11.5 Å². The zero-order valence-corrected chi connectivity index (χ0v) is 20.8. The number of para-hydroxylation sites is 2. The monoisotopic (exact) mass is 542 g/mol. The summed E-state index contributed by atoms with van der Waals surface area (Å²) in [7, 11) is -4.61. The Balaban J connectivity index is 1.84. The first-order valence-corrected chi connectivity index (χ1v) is 12.7. The van der Waals surface area contributed by atoms with E-state index in [1.807, 2.05) is 4.72 Å². The van der Waals surface area contributed by atoms with E-state index in [1.165, 1.54) is 0 Å². The van der Waals surface area contributed by atoms with Gasteiger partial charge in [0.1, 0.15) is 39.6 Å². The number of halogens is 3. The maximum Gasteiger partial charge on any atom is 0.265 e. The number of amidine groups is 1. The van der Waals surface area contributed by atoms with Crippen LogP contribution in [-0.2, 0) is 10.0 Å². The molecule has 0 radical (unpaired) electrons. The third-order valence-electron chi connectivity index (χ3n) is 5.63. The number of hydrogen-bond acceptors (Lipinski definition) is 7. The summed E-state index contributed by atoms with van der Waals surface area (Å²) in [4.78, 5) is 26.2. The largest absolute Gasteiger partial charge is 0.339 e. The minimum atomic E-state index is -4.61. The molecule has 38 heavy (non-hydrogen) atoms. The molecule has 0 saturated heterocycles. The van der Waals surface area contributed by atoms with Crippen molar-refractivity contribution in [1.82, 2.24) is 4.72 Å². The van der Waals surface area contributed by atoms with Crippen molar-refractivity contribution in [3.63, 3.8) is 0 Å². The molecule has 0 aromatic heterocycles. The standard InChI is InChI=1S/C26H21F3N4O4S/c1-13(2)25(30)33-38(36,37)21-11-14(7-9-18(21)29)23(34)22(24(35)16-12-15(27)8-10-17(16)28)26-31-19-5-3-4-6-20(19)32-26/h3-13,31-32H,1-2H3,(H2,30,33). The van der Waals surface area contributed by atoms with E-state index in [0.29, 0.717) is 23.5 Å². The van der Waals surface area contributed by atoms with Crippen LogP contribution < -0.4 is 15.4 Å². The number of sulfonamides is 1. The molecule has 1 aliphatic heterocycles. The maximum atomic E-state index is 14.6. The van der Waals surface area contributed by atoms with Crippen LogP contribution in [0, 0.1) is 28.8 Å². The van der Waals surface area contributed by atoms with Crippen LogP contribution in [0.15, 0.2) is 77.0 Å². The normalized spacial score (nSPS) is 12.4. The summed E-state index contributed by atoms with van der Waals surface area (Å²) in [5.74, 6) is -6.57. The average molecular weight is 543 g/mol. The van der Waals surface area contributed by atoms with Gasteiger partial charge in [-0.1, -0.05) is 26.0 Å². The molecule has 0 bridgehead atoms. The molecule has 1 aliphatic rings. The molecule has 0 aliphatic carbocycles. The Kier molecular flexibility index (Phi) is 7.09. The first-order chi connectivity index (χ1) is 17.9. The number of carbonyl (C=O) groups is 2. The second-order valence-corrected chi connectivity index (χ2v) is 10.3. The molecule has 8 nitrogen and oxygen atoms in total. The molecule has 4 N–H and O–H groups in total. The molecule has 4 rings (SSSR count). The maximum absolute atomic E-state index is 14.6. The van der Waals surface area contributed by atoms with Crippen LogP contribution in [0.4, 0.5) is 24.5 Å². The summed E-state index contributed by atoms with van der Waals surface area (Å²) in [6, 6.07) is 11.2. The van der Waals surface area contributed by atoms with E-state index in [-0.39, 0.29) is 5.82 Å². The molecule has 0 fully saturated rings. The summed E-state index contributed by atoms with van der Waals surface area (Å²) in [5, 5.41) is 13.5. The molecule has 12 heteroatoms. The van der Waals surface area contributed by atoms with Gasteiger partial charge in [-0.05, 0) is 48.5 Å². The zero-order valence-electron chi connectivity index (χ0n) is 20.0. The molecule has 0 unspecified atom stereocenters. The Morgan fingerprint density at radius 3 is 2.08 bits per heavy atom. The van der Waals surface area contributed by atoms with Gasteiger partial charge in [0.15, 0.2) is 0 Å². The number of rotatable bonds is 7. The van der Waals surface area contributed by atoms with E-state index in [4.69, 9.17) is 5.41 Å². The summed E-state index contributed by atoms with van der Waals surface area (Å²) in [5.41, 5.74) is -0.848. The van der Waals surface area contributed by atoms with Crippen LogP contribution in [0.5, 0.6) is 0 Å². The first-order valence-electron chi connectivity index (χ1n) is 11.2. The molecular formula is C26H21F3N4O4S. The van der Waals surface area contributed by atoms with E-state index in [0.717, 1.165) is 24.3 Å². The second-order valence-electron chi connectivity index (χ2n) is 8.65. The van der Waals surface area contributed by atoms with Crippen molar-refractivity contribution in [2.24, 2.45) is 5.92 Å². The number of hydrogen-bond donors (Lipinski definition) is 4. The topological polar surface area (TPSA) is 128 Å². The van der Waals surface area contributed by atoms with Crippen molar-refractivity contribution < 1.29 is 31.2 Å². The molecule has 3 aromatic rings. The number of anilines is 2. The van der Waals surface area contributed by atoms with E-state index in [2.05, 4.69) is 10.6 Å². The van der Waals surface area contributed by atoms with E-state index < -0.39 is 72.4 Å². The molecule has 1 heterocycles. The van der Waals surface area contributed by atoms with Crippen molar-refractivity contribution in [3.05, 3.63) is 101 Å². The third kappa shape index (κ3) is 5.16. The van der Waals surface area contributed by atoms with Gasteiger partial charge in [-0.2, -0.15) is 0 Å². The van der Waals surface area contributed by atoms with Crippen LogP contribution in [-0.4, -0.2) is 25.8 Å². The Morgan fingerprint density at radius 1 is 0.868 bits per heavy atom. The number of nitrogens with one attached hydrogen (secondary N) is 4. The fourth-order valence-electron chi connectivity index (χ4n) is 3.58.